The first-order chi connectivity index (χ1) is 9.22. The van der Waals surface area contributed by atoms with Crippen LogP contribution in [0.25, 0.3) is 0 Å². The van der Waals surface area contributed by atoms with Gasteiger partial charge in [-0.15, -0.1) is 0 Å². The molecule has 0 fully saturated rings. The fraction of sp³-hybridized carbons (Fsp3) is 0.133. The lowest BCUT2D eigenvalue weighted by atomic mass is 10.1. The number of nitrogens with one attached hydrogen (secondary N) is 2. The molecule has 0 spiro atoms. The van der Waals surface area contributed by atoms with Crippen molar-refractivity contribution >= 4 is 17.3 Å². The van der Waals surface area contributed by atoms with Crippen molar-refractivity contribution in [1.29, 1.82) is 0 Å². The van der Waals surface area contributed by atoms with Crippen LogP contribution in [-0.2, 0) is 6.42 Å². The van der Waals surface area contributed by atoms with Gasteiger partial charge in [-0.1, -0.05) is 12.1 Å². The minimum atomic E-state index is -0.179. The average Bonchev–Trinajstić information content (AvgIpc) is 2.85. The molecule has 0 aliphatic carbocycles. The van der Waals surface area contributed by atoms with Crippen molar-refractivity contribution in [3.63, 3.8) is 0 Å². The number of benzene rings is 2. The van der Waals surface area contributed by atoms with Gasteiger partial charge in [-0.05, 0) is 36.2 Å². The Morgan fingerprint density at radius 3 is 2.95 bits per heavy atom. The zero-order valence-electron chi connectivity index (χ0n) is 10.3. The van der Waals surface area contributed by atoms with E-state index in [1.54, 1.807) is 18.2 Å². The van der Waals surface area contributed by atoms with Gasteiger partial charge in [0.25, 0.3) is 5.91 Å². The van der Waals surface area contributed by atoms with Crippen LogP contribution in [0.5, 0.6) is 5.75 Å². The molecule has 2 aromatic rings. The molecule has 0 radical (unpaired) electrons. The number of phenols is 1. The third kappa shape index (κ3) is 2.38. The lowest BCUT2D eigenvalue weighted by Crippen LogP contribution is -2.11. The van der Waals surface area contributed by atoms with E-state index < -0.39 is 0 Å². The number of fused-ring (bicyclic) bond motifs is 1. The summed E-state index contributed by atoms with van der Waals surface area (Å²) in [6.07, 6.45) is 1.00. The van der Waals surface area contributed by atoms with Gasteiger partial charge in [-0.2, -0.15) is 0 Å². The summed E-state index contributed by atoms with van der Waals surface area (Å²) in [7, 11) is 0. The second-order valence-electron chi connectivity index (χ2n) is 4.55. The Morgan fingerprint density at radius 2 is 2.11 bits per heavy atom. The van der Waals surface area contributed by atoms with Gasteiger partial charge in [0.05, 0.1) is 0 Å². The van der Waals surface area contributed by atoms with Gasteiger partial charge < -0.3 is 15.7 Å². The molecule has 19 heavy (non-hydrogen) atoms. The van der Waals surface area contributed by atoms with E-state index in [1.807, 2.05) is 18.2 Å². The Morgan fingerprint density at radius 1 is 1.21 bits per heavy atom. The fourth-order valence-corrected chi connectivity index (χ4v) is 2.22. The van der Waals surface area contributed by atoms with Crippen LogP contribution in [0.1, 0.15) is 15.9 Å². The van der Waals surface area contributed by atoms with Gasteiger partial charge in [0.15, 0.2) is 0 Å². The van der Waals surface area contributed by atoms with Crippen molar-refractivity contribution in [3.8, 4) is 5.75 Å². The molecule has 1 amide bonds. The number of hydrogen-bond acceptors (Lipinski definition) is 3. The zero-order valence-corrected chi connectivity index (χ0v) is 10.3. The van der Waals surface area contributed by atoms with Crippen LogP contribution < -0.4 is 10.6 Å². The molecule has 4 heteroatoms. The maximum Gasteiger partial charge on any atom is 0.255 e. The van der Waals surface area contributed by atoms with E-state index in [1.165, 1.54) is 11.6 Å². The second-order valence-corrected chi connectivity index (χ2v) is 4.55. The first-order valence-electron chi connectivity index (χ1n) is 6.19. The maximum atomic E-state index is 12.1. The van der Waals surface area contributed by atoms with Crippen LogP contribution in [0.4, 0.5) is 11.4 Å². The van der Waals surface area contributed by atoms with Crippen LogP contribution in [0, 0.1) is 0 Å². The summed E-state index contributed by atoms with van der Waals surface area (Å²) in [5.41, 5.74) is 3.47. The number of amides is 1. The summed E-state index contributed by atoms with van der Waals surface area (Å²) in [6, 6.07) is 12.2. The highest BCUT2D eigenvalue weighted by atomic mass is 16.3. The van der Waals surface area contributed by atoms with Crippen LogP contribution in [-0.4, -0.2) is 17.6 Å². The van der Waals surface area contributed by atoms with E-state index in [0.717, 1.165) is 18.7 Å². The molecule has 3 N–H and O–H groups in total. The quantitative estimate of drug-likeness (QED) is 0.772. The van der Waals surface area contributed by atoms with Crippen molar-refractivity contribution in [2.24, 2.45) is 0 Å². The standard InChI is InChI=1S/C15H14N2O2/c18-13-3-1-2-12(9-13)17-15(19)11-5-4-10-6-7-16-14(10)8-11/h1-5,8-9,16,18H,6-7H2,(H,17,19). The van der Waals surface area contributed by atoms with Crippen LogP contribution in [0.15, 0.2) is 42.5 Å². The summed E-state index contributed by atoms with van der Waals surface area (Å²) in [4.78, 5) is 12.1. The van der Waals surface area contributed by atoms with E-state index in [-0.39, 0.29) is 11.7 Å². The number of carbonyl (C=O) groups excluding carboxylic acids is 1. The number of phenolic OH excluding ortho intramolecular Hbond substituents is 1. The number of hydrogen-bond donors (Lipinski definition) is 3. The number of rotatable bonds is 2. The highest BCUT2D eigenvalue weighted by molar-refractivity contribution is 6.05. The molecule has 2 aromatic carbocycles. The van der Waals surface area contributed by atoms with E-state index in [0.29, 0.717) is 11.3 Å². The Labute approximate surface area is 111 Å². The summed E-state index contributed by atoms with van der Waals surface area (Å²) >= 11 is 0. The normalized spacial score (nSPS) is 12.6. The molecule has 96 valence electrons. The largest absolute Gasteiger partial charge is 0.508 e. The third-order valence-corrected chi connectivity index (χ3v) is 3.19. The number of aromatic hydroxyl groups is 1. The SMILES string of the molecule is O=C(Nc1cccc(O)c1)c1ccc2c(c1)NCC2. The lowest BCUT2D eigenvalue weighted by molar-refractivity contribution is 0.102. The molecule has 0 bridgehead atoms. The predicted molar refractivity (Wildman–Crippen MR) is 74.7 cm³/mol. The van der Waals surface area contributed by atoms with Crippen molar-refractivity contribution in [2.45, 2.75) is 6.42 Å². The predicted octanol–water partition coefficient (Wildman–Crippen LogP) is 2.61. The molecular weight excluding hydrogens is 240 g/mol. The summed E-state index contributed by atoms with van der Waals surface area (Å²) in [5, 5.41) is 15.4. The second kappa shape index (κ2) is 4.65. The van der Waals surface area contributed by atoms with E-state index in [9.17, 15) is 9.90 Å². The molecule has 1 aliphatic heterocycles. The minimum absolute atomic E-state index is 0.133. The van der Waals surface area contributed by atoms with Crippen LogP contribution >= 0.6 is 0 Å². The highest BCUT2D eigenvalue weighted by Crippen LogP contribution is 2.24. The molecule has 0 saturated carbocycles. The Hall–Kier alpha value is -2.49. The van der Waals surface area contributed by atoms with Gasteiger partial charge in [-0.3, -0.25) is 4.79 Å². The summed E-state index contributed by atoms with van der Waals surface area (Å²) in [5.74, 6) is -0.0458. The molecule has 0 saturated heterocycles. The third-order valence-electron chi connectivity index (χ3n) is 3.19. The van der Waals surface area contributed by atoms with Gasteiger partial charge in [0.1, 0.15) is 5.75 Å². The Kier molecular flexibility index (Phi) is 2.83. The molecule has 3 rings (SSSR count). The van der Waals surface area contributed by atoms with Gasteiger partial charge in [-0.25, -0.2) is 0 Å². The van der Waals surface area contributed by atoms with E-state index in [4.69, 9.17) is 0 Å². The van der Waals surface area contributed by atoms with Crippen molar-refractivity contribution in [2.75, 3.05) is 17.2 Å². The smallest absolute Gasteiger partial charge is 0.255 e. The van der Waals surface area contributed by atoms with Crippen LogP contribution in [0.2, 0.25) is 0 Å². The minimum Gasteiger partial charge on any atom is -0.508 e. The van der Waals surface area contributed by atoms with Crippen molar-refractivity contribution in [1.82, 2.24) is 0 Å². The maximum absolute atomic E-state index is 12.1. The van der Waals surface area contributed by atoms with E-state index in [2.05, 4.69) is 10.6 Å². The van der Waals surface area contributed by atoms with Gasteiger partial charge >= 0.3 is 0 Å². The average molecular weight is 254 g/mol. The molecule has 0 atom stereocenters. The molecule has 0 aromatic heterocycles. The van der Waals surface area contributed by atoms with E-state index >= 15 is 0 Å². The van der Waals surface area contributed by atoms with Gasteiger partial charge in [0.2, 0.25) is 0 Å². The topological polar surface area (TPSA) is 61.4 Å². The monoisotopic (exact) mass is 254 g/mol. The number of carbonyl (C=O) groups is 1. The molecule has 0 unspecified atom stereocenters. The van der Waals surface area contributed by atoms with Crippen molar-refractivity contribution in [3.05, 3.63) is 53.6 Å². The summed E-state index contributed by atoms with van der Waals surface area (Å²) < 4.78 is 0. The molecule has 4 nitrogen and oxygen atoms in total. The molecule has 1 aliphatic rings. The van der Waals surface area contributed by atoms with Gasteiger partial charge in [0, 0.05) is 29.5 Å². The zero-order chi connectivity index (χ0) is 13.2. The Balaban J connectivity index is 1.81. The lowest BCUT2D eigenvalue weighted by Gasteiger charge is -2.07. The molecular formula is C15H14N2O2. The Bertz CT molecular complexity index is 638. The first-order valence-corrected chi connectivity index (χ1v) is 6.19. The van der Waals surface area contributed by atoms with Crippen LogP contribution in [0.3, 0.4) is 0 Å². The fourth-order valence-electron chi connectivity index (χ4n) is 2.22. The highest BCUT2D eigenvalue weighted by Gasteiger charge is 2.13. The summed E-state index contributed by atoms with van der Waals surface area (Å²) in [6.45, 7) is 0.924. The number of anilines is 2. The molecule has 1 heterocycles. The first kappa shape index (κ1) is 11.6. The van der Waals surface area contributed by atoms with Crippen molar-refractivity contribution < 1.29 is 9.90 Å².